The topological polar surface area (TPSA) is 66.9 Å². The highest BCUT2D eigenvalue weighted by atomic mass is 35.5. The second-order valence-electron chi connectivity index (χ2n) is 5.85. The van der Waals surface area contributed by atoms with E-state index >= 15 is 0 Å². The lowest BCUT2D eigenvalue weighted by Gasteiger charge is -2.09. The molecule has 0 saturated carbocycles. The molecule has 0 aliphatic heterocycles. The fraction of sp³-hybridized carbons (Fsp3) is 0.150. The van der Waals surface area contributed by atoms with Crippen LogP contribution in [0.1, 0.15) is 22.8 Å². The monoisotopic (exact) mass is 366 g/mol. The number of halogens is 1. The summed E-state index contributed by atoms with van der Waals surface area (Å²) in [5, 5.41) is 7.22. The molecule has 26 heavy (non-hydrogen) atoms. The number of carbonyl (C=O) groups is 1. The van der Waals surface area contributed by atoms with Crippen molar-refractivity contribution in [3.63, 3.8) is 0 Å². The number of ketones is 1. The predicted octanol–water partition coefficient (Wildman–Crippen LogP) is 4.73. The molecule has 0 spiro atoms. The number of hydrogen-bond acceptors (Lipinski definition) is 5. The minimum absolute atomic E-state index is 0.0286. The van der Waals surface area contributed by atoms with Crippen molar-refractivity contribution in [3.8, 4) is 0 Å². The maximum Gasteiger partial charge on any atom is 0.159 e. The van der Waals surface area contributed by atoms with E-state index in [-0.39, 0.29) is 5.78 Å². The molecule has 3 rings (SSSR count). The molecule has 3 aromatic rings. The van der Waals surface area contributed by atoms with E-state index in [2.05, 4.69) is 20.6 Å². The minimum atomic E-state index is 0.0286. The third kappa shape index (κ3) is 5.04. The fourth-order valence-electron chi connectivity index (χ4n) is 2.47. The van der Waals surface area contributed by atoms with Crippen molar-refractivity contribution in [1.82, 2.24) is 9.97 Å². The van der Waals surface area contributed by atoms with Crippen molar-refractivity contribution in [2.24, 2.45) is 0 Å². The van der Waals surface area contributed by atoms with Crippen LogP contribution in [-0.2, 0) is 6.42 Å². The van der Waals surface area contributed by atoms with Gasteiger partial charge >= 0.3 is 0 Å². The lowest BCUT2D eigenvalue weighted by molar-refractivity contribution is 0.101. The Morgan fingerprint density at radius 1 is 1.04 bits per heavy atom. The summed E-state index contributed by atoms with van der Waals surface area (Å²) < 4.78 is 0. The molecule has 2 aromatic carbocycles. The summed E-state index contributed by atoms with van der Waals surface area (Å²) in [5.74, 6) is 1.43. The molecule has 0 fully saturated rings. The lowest BCUT2D eigenvalue weighted by Crippen LogP contribution is -2.07. The van der Waals surface area contributed by atoms with E-state index in [9.17, 15) is 4.79 Å². The smallest absolute Gasteiger partial charge is 0.159 e. The molecule has 1 heterocycles. The number of rotatable bonds is 7. The fourth-order valence-corrected chi connectivity index (χ4v) is 2.60. The number of anilines is 3. The number of nitrogens with one attached hydrogen (secondary N) is 2. The van der Waals surface area contributed by atoms with Gasteiger partial charge in [0.1, 0.15) is 18.0 Å². The zero-order chi connectivity index (χ0) is 18.4. The van der Waals surface area contributed by atoms with Gasteiger partial charge in [0.15, 0.2) is 5.78 Å². The molecule has 0 atom stereocenters. The van der Waals surface area contributed by atoms with Crippen LogP contribution < -0.4 is 10.6 Å². The molecule has 0 amide bonds. The van der Waals surface area contributed by atoms with E-state index in [1.165, 1.54) is 11.9 Å². The van der Waals surface area contributed by atoms with Crippen molar-refractivity contribution >= 4 is 34.7 Å². The van der Waals surface area contributed by atoms with Crippen molar-refractivity contribution in [3.05, 3.63) is 77.1 Å². The Labute approximate surface area is 157 Å². The first kappa shape index (κ1) is 17.9. The van der Waals surface area contributed by atoms with Gasteiger partial charge in [0, 0.05) is 28.9 Å². The van der Waals surface area contributed by atoms with Crippen molar-refractivity contribution < 1.29 is 4.79 Å². The summed E-state index contributed by atoms with van der Waals surface area (Å²) >= 11 is 5.89. The number of Topliss-reactive ketones (excluding diaryl/α,β-unsaturated/α-hetero) is 1. The molecule has 1 aromatic heterocycles. The molecule has 2 N–H and O–H groups in total. The summed E-state index contributed by atoms with van der Waals surface area (Å²) in [7, 11) is 0. The highest BCUT2D eigenvalue weighted by Crippen LogP contribution is 2.18. The number of benzene rings is 2. The second-order valence-corrected chi connectivity index (χ2v) is 6.29. The number of nitrogens with zero attached hydrogens (tertiary/aromatic N) is 2. The summed E-state index contributed by atoms with van der Waals surface area (Å²) in [6, 6.07) is 17.0. The summed E-state index contributed by atoms with van der Waals surface area (Å²) in [6.07, 6.45) is 2.37. The van der Waals surface area contributed by atoms with E-state index in [1.54, 1.807) is 19.1 Å². The van der Waals surface area contributed by atoms with Crippen LogP contribution in [0.15, 0.2) is 60.9 Å². The third-order valence-corrected chi connectivity index (χ3v) is 4.09. The summed E-state index contributed by atoms with van der Waals surface area (Å²) in [6.45, 7) is 2.30. The molecule has 0 saturated heterocycles. The van der Waals surface area contributed by atoms with Gasteiger partial charge in [-0.2, -0.15) is 0 Å². The van der Waals surface area contributed by atoms with E-state index in [0.717, 1.165) is 29.5 Å². The van der Waals surface area contributed by atoms with Gasteiger partial charge in [-0.05, 0) is 43.2 Å². The van der Waals surface area contributed by atoms with Crippen molar-refractivity contribution in [2.45, 2.75) is 13.3 Å². The molecule has 0 radical (unpaired) electrons. The van der Waals surface area contributed by atoms with Crippen LogP contribution in [0.2, 0.25) is 5.02 Å². The van der Waals surface area contributed by atoms with Gasteiger partial charge in [-0.1, -0.05) is 35.9 Å². The average Bonchev–Trinajstić information content (AvgIpc) is 2.64. The Morgan fingerprint density at radius 3 is 2.58 bits per heavy atom. The van der Waals surface area contributed by atoms with Gasteiger partial charge in [0.05, 0.1) is 0 Å². The van der Waals surface area contributed by atoms with Crippen LogP contribution in [0.25, 0.3) is 0 Å². The zero-order valence-corrected chi connectivity index (χ0v) is 15.1. The molecule has 0 aliphatic rings. The molecular formula is C20H19ClN4O. The SMILES string of the molecule is CC(=O)c1cccc(Nc2cc(NCCc3ccc(Cl)cc3)ncn2)c1. The summed E-state index contributed by atoms with van der Waals surface area (Å²) in [4.78, 5) is 19.9. The van der Waals surface area contributed by atoms with E-state index in [4.69, 9.17) is 11.6 Å². The van der Waals surface area contributed by atoms with Gasteiger partial charge < -0.3 is 10.6 Å². The predicted molar refractivity (Wildman–Crippen MR) is 105 cm³/mol. The molecule has 132 valence electrons. The third-order valence-electron chi connectivity index (χ3n) is 3.84. The van der Waals surface area contributed by atoms with Crippen molar-refractivity contribution in [1.29, 1.82) is 0 Å². The van der Waals surface area contributed by atoms with Crippen molar-refractivity contribution in [2.75, 3.05) is 17.2 Å². The normalized spacial score (nSPS) is 10.4. The highest BCUT2D eigenvalue weighted by Gasteiger charge is 2.03. The van der Waals surface area contributed by atoms with E-state index in [1.807, 2.05) is 42.5 Å². The number of carbonyl (C=O) groups excluding carboxylic acids is 1. The van der Waals surface area contributed by atoms with Crippen LogP contribution in [-0.4, -0.2) is 22.3 Å². The first-order valence-electron chi connectivity index (χ1n) is 8.28. The second kappa shape index (κ2) is 8.45. The molecule has 0 unspecified atom stereocenters. The molecule has 5 nitrogen and oxygen atoms in total. The Hall–Kier alpha value is -2.92. The Kier molecular flexibility index (Phi) is 5.81. The largest absolute Gasteiger partial charge is 0.370 e. The number of aromatic nitrogens is 2. The van der Waals surface area contributed by atoms with Crippen LogP contribution in [0.4, 0.5) is 17.3 Å². The number of hydrogen-bond donors (Lipinski definition) is 2. The Balaban J connectivity index is 1.60. The first-order valence-corrected chi connectivity index (χ1v) is 8.66. The van der Waals surface area contributed by atoms with E-state index in [0.29, 0.717) is 11.4 Å². The van der Waals surface area contributed by atoms with Crippen LogP contribution in [0, 0.1) is 0 Å². The lowest BCUT2D eigenvalue weighted by atomic mass is 10.1. The standard InChI is InChI=1S/C20H19ClN4O/c1-14(26)16-3-2-4-18(11-16)25-20-12-19(23-13-24-20)22-10-9-15-5-7-17(21)8-6-15/h2-8,11-13H,9-10H2,1H3,(H2,22,23,24,25). The molecular weight excluding hydrogens is 348 g/mol. The van der Waals surface area contributed by atoms with Gasteiger partial charge in [-0.25, -0.2) is 9.97 Å². The first-order chi connectivity index (χ1) is 12.6. The van der Waals surface area contributed by atoms with Gasteiger partial charge in [-0.3, -0.25) is 4.79 Å². The van der Waals surface area contributed by atoms with E-state index < -0.39 is 0 Å². The Morgan fingerprint density at radius 2 is 1.81 bits per heavy atom. The van der Waals surface area contributed by atoms with Gasteiger partial charge in [-0.15, -0.1) is 0 Å². The van der Waals surface area contributed by atoms with Crippen LogP contribution in [0.5, 0.6) is 0 Å². The summed E-state index contributed by atoms with van der Waals surface area (Å²) in [5.41, 5.74) is 2.67. The minimum Gasteiger partial charge on any atom is -0.370 e. The molecule has 0 aliphatic carbocycles. The van der Waals surface area contributed by atoms with Crippen LogP contribution in [0.3, 0.4) is 0 Å². The Bertz CT molecular complexity index is 896. The van der Waals surface area contributed by atoms with Gasteiger partial charge in [0.25, 0.3) is 0 Å². The average molecular weight is 367 g/mol. The van der Waals surface area contributed by atoms with Crippen LogP contribution >= 0.6 is 11.6 Å². The quantitative estimate of drug-likeness (QED) is 0.591. The van der Waals surface area contributed by atoms with Gasteiger partial charge in [0.2, 0.25) is 0 Å². The highest BCUT2D eigenvalue weighted by molar-refractivity contribution is 6.30. The zero-order valence-electron chi connectivity index (χ0n) is 14.4. The molecule has 6 heteroatoms. The maximum absolute atomic E-state index is 11.5. The molecule has 0 bridgehead atoms. The maximum atomic E-state index is 11.5.